The van der Waals surface area contributed by atoms with Gasteiger partial charge in [-0.15, -0.1) is 0 Å². The molecule has 0 heterocycles. The molecular weight excluding hydrogens is 220 g/mol. The third-order valence-electron chi connectivity index (χ3n) is 4.42. The summed E-state index contributed by atoms with van der Waals surface area (Å²) in [5.41, 5.74) is 2.53. The molecule has 0 spiro atoms. The Morgan fingerprint density at radius 2 is 1.83 bits per heavy atom. The Bertz CT molecular complexity index is 435. The van der Waals surface area contributed by atoms with Gasteiger partial charge in [0.05, 0.1) is 11.6 Å². The van der Waals surface area contributed by atoms with E-state index in [4.69, 9.17) is 5.26 Å². The average molecular weight is 242 g/mol. The predicted octanol–water partition coefficient (Wildman–Crippen LogP) is 3.65. The molecule has 0 aliphatic heterocycles. The normalized spacial score (nSPS) is 18.4. The summed E-state index contributed by atoms with van der Waals surface area (Å²) in [6.07, 6.45) is 2.72. The highest BCUT2D eigenvalue weighted by Crippen LogP contribution is 2.51. The molecule has 18 heavy (non-hydrogen) atoms. The van der Waals surface area contributed by atoms with Crippen molar-refractivity contribution in [2.75, 3.05) is 6.54 Å². The van der Waals surface area contributed by atoms with Gasteiger partial charge < -0.3 is 5.32 Å². The lowest BCUT2D eigenvalue weighted by Gasteiger charge is -2.23. The summed E-state index contributed by atoms with van der Waals surface area (Å²) < 4.78 is 0. The van der Waals surface area contributed by atoms with Crippen molar-refractivity contribution in [2.45, 2.75) is 39.7 Å². The number of hydrogen-bond acceptors (Lipinski definition) is 2. The second-order valence-electron chi connectivity index (χ2n) is 5.85. The molecule has 96 valence electrons. The maximum absolute atomic E-state index is 8.78. The fourth-order valence-corrected chi connectivity index (χ4v) is 2.44. The average Bonchev–Trinajstić information content (AvgIpc) is 3.17. The fourth-order valence-electron chi connectivity index (χ4n) is 2.44. The maximum atomic E-state index is 8.78. The van der Waals surface area contributed by atoms with Crippen molar-refractivity contribution in [3.63, 3.8) is 0 Å². The molecule has 2 nitrogen and oxygen atoms in total. The van der Waals surface area contributed by atoms with Crippen LogP contribution in [0.2, 0.25) is 0 Å². The van der Waals surface area contributed by atoms with Crippen LogP contribution in [0.4, 0.5) is 0 Å². The number of hydrogen-bond donors (Lipinski definition) is 1. The van der Waals surface area contributed by atoms with Gasteiger partial charge in [0.2, 0.25) is 0 Å². The van der Waals surface area contributed by atoms with Crippen molar-refractivity contribution in [3.05, 3.63) is 35.4 Å². The van der Waals surface area contributed by atoms with Gasteiger partial charge >= 0.3 is 0 Å². The zero-order valence-corrected chi connectivity index (χ0v) is 11.5. The van der Waals surface area contributed by atoms with Crippen LogP contribution in [-0.4, -0.2) is 6.54 Å². The lowest BCUT2D eigenvalue weighted by Crippen LogP contribution is -2.29. The molecule has 1 fully saturated rings. The number of nitriles is 1. The van der Waals surface area contributed by atoms with E-state index in [0.717, 1.165) is 18.0 Å². The third kappa shape index (κ3) is 2.73. The molecule has 1 aliphatic rings. The molecule has 0 bridgehead atoms. The van der Waals surface area contributed by atoms with Gasteiger partial charge in [0.1, 0.15) is 0 Å². The SMILES string of the molecule is CC(NCC1(C(C)C)CC1)c1ccc(C#N)cc1. The summed E-state index contributed by atoms with van der Waals surface area (Å²) in [4.78, 5) is 0. The first-order valence-corrected chi connectivity index (χ1v) is 6.81. The summed E-state index contributed by atoms with van der Waals surface area (Å²) >= 11 is 0. The molecule has 2 rings (SSSR count). The van der Waals surface area contributed by atoms with E-state index in [1.807, 2.05) is 24.3 Å². The fraction of sp³-hybridized carbons (Fsp3) is 0.562. The van der Waals surface area contributed by atoms with Gasteiger partial charge in [-0.05, 0) is 48.8 Å². The molecule has 1 unspecified atom stereocenters. The van der Waals surface area contributed by atoms with Crippen molar-refractivity contribution >= 4 is 0 Å². The smallest absolute Gasteiger partial charge is 0.0991 e. The minimum absolute atomic E-state index is 0.356. The van der Waals surface area contributed by atoms with Crippen molar-refractivity contribution in [1.82, 2.24) is 5.32 Å². The van der Waals surface area contributed by atoms with Gasteiger partial charge in [0, 0.05) is 12.6 Å². The molecule has 1 atom stereocenters. The standard InChI is InChI=1S/C16H22N2/c1-12(2)16(8-9-16)11-18-13(3)15-6-4-14(10-17)5-7-15/h4-7,12-13,18H,8-9,11H2,1-3H3. The molecule has 1 aliphatic carbocycles. The molecule has 1 saturated carbocycles. The molecular formula is C16H22N2. The Morgan fingerprint density at radius 3 is 2.28 bits per heavy atom. The highest BCUT2D eigenvalue weighted by molar-refractivity contribution is 5.32. The van der Waals surface area contributed by atoms with E-state index in [1.54, 1.807) is 0 Å². The van der Waals surface area contributed by atoms with Crippen LogP contribution in [0.1, 0.15) is 50.8 Å². The van der Waals surface area contributed by atoms with Gasteiger partial charge in [0.15, 0.2) is 0 Å². The van der Waals surface area contributed by atoms with Crippen LogP contribution in [-0.2, 0) is 0 Å². The molecule has 1 aromatic rings. The Kier molecular flexibility index (Phi) is 3.73. The van der Waals surface area contributed by atoms with E-state index in [9.17, 15) is 0 Å². The summed E-state index contributed by atoms with van der Waals surface area (Å²) in [5, 5.41) is 12.4. The van der Waals surface area contributed by atoms with Crippen molar-refractivity contribution in [1.29, 1.82) is 5.26 Å². The zero-order chi connectivity index (χ0) is 13.2. The molecule has 2 heteroatoms. The first-order valence-electron chi connectivity index (χ1n) is 6.81. The van der Waals surface area contributed by atoms with E-state index in [1.165, 1.54) is 18.4 Å². The first-order chi connectivity index (χ1) is 8.57. The van der Waals surface area contributed by atoms with Crippen LogP contribution in [0.25, 0.3) is 0 Å². The van der Waals surface area contributed by atoms with E-state index >= 15 is 0 Å². The van der Waals surface area contributed by atoms with Gasteiger partial charge in [0.25, 0.3) is 0 Å². The summed E-state index contributed by atoms with van der Waals surface area (Å²) in [6, 6.07) is 10.4. The van der Waals surface area contributed by atoms with E-state index in [0.29, 0.717) is 11.5 Å². The molecule has 0 saturated heterocycles. The number of nitrogens with zero attached hydrogens (tertiary/aromatic N) is 1. The van der Waals surface area contributed by atoms with Crippen molar-refractivity contribution in [2.24, 2.45) is 11.3 Å². The van der Waals surface area contributed by atoms with Gasteiger partial charge in [-0.3, -0.25) is 0 Å². The molecule has 0 amide bonds. The number of rotatable bonds is 5. The Labute approximate surface area is 110 Å². The predicted molar refractivity (Wildman–Crippen MR) is 74.1 cm³/mol. The lowest BCUT2D eigenvalue weighted by atomic mass is 9.92. The van der Waals surface area contributed by atoms with Gasteiger partial charge in [-0.2, -0.15) is 5.26 Å². The lowest BCUT2D eigenvalue weighted by molar-refractivity contribution is 0.325. The van der Waals surface area contributed by atoms with Crippen LogP contribution < -0.4 is 5.32 Å². The highest BCUT2D eigenvalue weighted by atomic mass is 14.9. The minimum Gasteiger partial charge on any atom is -0.310 e. The molecule has 0 radical (unpaired) electrons. The van der Waals surface area contributed by atoms with Gasteiger partial charge in [-0.1, -0.05) is 26.0 Å². The highest BCUT2D eigenvalue weighted by Gasteiger charge is 2.44. The topological polar surface area (TPSA) is 35.8 Å². The largest absolute Gasteiger partial charge is 0.310 e. The van der Waals surface area contributed by atoms with Crippen LogP contribution in [0, 0.1) is 22.7 Å². The van der Waals surface area contributed by atoms with E-state index in [-0.39, 0.29) is 0 Å². The van der Waals surface area contributed by atoms with Crippen molar-refractivity contribution in [3.8, 4) is 6.07 Å². The summed E-state index contributed by atoms with van der Waals surface area (Å²) in [7, 11) is 0. The quantitative estimate of drug-likeness (QED) is 0.855. The molecule has 0 aromatic heterocycles. The van der Waals surface area contributed by atoms with Crippen molar-refractivity contribution < 1.29 is 0 Å². The number of benzene rings is 1. The molecule has 1 N–H and O–H groups in total. The van der Waals surface area contributed by atoms with Gasteiger partial charge in [-0.25, -0.2) is 0 Å². The summed E-state index contributed by atoms with van der Waals surface area (Å²) in [5.74, 6) is 0.762. The maximum Gasteiger partial charge on any atom is 0.0991 e. The third-order valence-corrected chi connectivity index (χ3v) is 4.42. The Balaban J connectivity index is 1.92. The van der Waals surface area contributed by atoms with Crippen LogP contribution >= 0.6 is 0 Å². The Morgan fingerprint density at radius 1 is 1.22 bits per heavy atom. The summed E-state index contributed by atoms with van der Waals surface area (Å²) in [6.45, 7) is 7.94. The second kappa shape index (κ2) is 5.12. The number of nitrogens with one attached hydrogen (secondary N) is 1. The second-order valence-corrected chi connectivity index (χ2v) is 5.85. The van der Waals surface area contributed by atoms with E-state index < -0.39 is 0 Å². The first kappa shape index (κ1) is 13.1. The molecule has 1 aromatic carbocycles. The Hall–Kier alpha value is -1.33. The van der Waals surface area contributed by atoms with Crippen LogP contribution in [0.5, 0.6) is 0 Å². The monoisotopic (exact) mass is 242 g/mol. The van der Waals surface area contributed by atoms with Crippen LogP contribution in [0.15, 0.2) is 24.3 Å². The van der Waals surface area contributed by atoms with Crippen LogP contribution in [0.3, 0.4) is 0 Å². The zero-order valence-electron chi connectivity index (χ0n) is 11.5. The minimum atomic E-state index is 0.356. The van der Waals surface area contributed by atoms with E-state index in [2.05, 4.69) is 32.2 Å².